The quantitative estimate of drug-likeness (QED) is 0.905. The van der Waals surface area contributed by atoms with Gasteiger partial charge in [0, 0.05) is 18.5 Å². The Morgan fingerprint density at radius 3 is 3.00 bits per heavy atom. The van der Waals surface area contributed by atoms with Crippen LogP contribution in [0.3, 0.4) is 0 Å². The third-order valence-electron chi connectivity index (χ3n) is 3.53. The van der Waals surface area contributed by atoms with Crippen LogP contribution in [-0.4, -0.2) is 36.6 Å². The van der Waals surface area contributed by atoms with E-state index in [-0.39, 0.29) is 24.2 Å². The van der Waals surface area contributed by atoms with Gasteiger partial charge in [-0.25, -0.2) is 0 Å². The molecule has 2 rings (SSSR count). The average Bonchev–Trinajstić information content (AvgIpc) is 3.06. The van der Waals surface area contributed by atoms with Crippen LogP contribution in [0.15, 0.2) is 17.5 Å². The number of carbonyl (C=O) groups excluding carboxylic acids is 1. The molecule has 1 saturated heterocycles. The van der Waals surface area contributed by atoms with Gasteiger partial charge in [0.1, 0.15) is 6.10 Å². The number of amides is 1. The van der Waals surface area contributed by atoms with Crippen LogP contribution in [0.5, 0.6) is 0 Å². The Balaban J connectivity index is 1.97. The number of rotatable bonds is 4. The van der Waals surface area contributed by atoms with Crippen molar-refractivity contribution in [2.45, 2.75) is 38.0 Å². The summed E-state index contributed by atoms with van der Waals surface area (Å²) in [6.45, 7) is 2.53. The summed E-state index contributed by atoms with van der Waals surface area (Å²) in [6, 6.07) is 4.15. The lowest BCUT2D eigenvalue weighted by Gasteiger charge is -2.26. The van der Waals surface area contributed by atoms with Crippen molar-refractivity contribution < 1.29 is 9.53 Å². The first kappa shape index (κ1) is 13.5. The van der Waals surface area contributed by atoms with Crippen molar-refractivity contribution in [2.24, 2.45) is 5.73 Å². The number of hydrogen-bond donors (Lipinski definition) is 1. The lowest BCUT2D eigenvalue weighted by molar-refractivity contribution is -0.143. The third kappa shape index (κ3) is 2.74. The van der Waals surface area contributed by atoms with Gasteiger partial charge < -0.3 is 15.4 Å². The molecule has 3 unspecified atom stereocenters. The van der Waals surface area contributed by atoms with Gasteiger partial charge in [0.25, 0.3) is 5.91 Å². The minimum atomic E-state index is -0.314. The van der Waals surface area contributed by atoms with Gasteiger partial charge in [0.2, 0.25) is 0 Å². The monoisotopic (exact) mass is 268 g/mol. The fourth-order valence-electron chi connectivity index (χ4n) is 2.20. The molecule has 2 heterocycles. The first-order chi connectivity index (χ1) is 8.63. The van der Waals surface area contributed by atoms with E-state index in [1.165, 1.54) is 4.88 Å². The van der Waals surface area contributed by atoms with Gasteiger partial charge in [0.05, 0.1) is 12.1 Å². The van der Waals surface area contributed by atoms with Crippen molar-refractivity contribution in [3.05, 3.63) is 22.4 Å². The van der Waals surface area contributed by atoms with E-state index >= 15 is 0 Å². The van der Waals surface area contributed by atoms with Gasteiger partial charge in [-0.05, 0) is 31.2 Å². The molecule has 4 nitrogen and oxygen atoms in total. The van der Waals surface area contributed by atoms with Crippen LogP contribution in [0.25, 0.3) is 0 Å². The Hall–Kier alpha value is -0.910. The second-order valence-electron chi connectivity index (χ2n) is 4.70. The molecule has 1 aliphatic heterocycles. The Bertz CT molecular complexity index is 394. The number of hydrogen-bond acceptors (Lipinski definition) is 4. The summed E-state index contributed by atoms with van der Waals surface area (Å²) in [5, 5.41) is 2.03. The van der Waals surface area contributed by atoms with Crippen molar-refractivity contribution >= 4 is 17.2 Å². The van der Waals surface area contributed by atoms with E-state index in [4.69, 9.17) is 10.5 Å². The number of nitrogens with zero attached hydrogens (tertiary/aromatic N) is 1. The number of thiophene rings is 1. The molecular weight excluding hydrogens is 248 g/mol. The highest BCUT2D eigenvalue weighted by Gasteiger charge is 2.33. The van der Waals surface area contributed by atoms with Gasteiger partial charge >= 0.3 is 0 Å². The van der Waals surface area contributed by atoms with Crippen LogP contribution in [0.4, 0.5) is 0 Å². The summed E-state index contributed by atoms with van der Waals surface area (Å²) in [5.74, 6) is 0.0619. The molecule has 1 aliphatic rings. The molecule has 18 heavy (non-hydrogen) atoms. The first-order valence-corrected chi connectivity index (χ1v) is 7.17. The predicted molar refractivity (Wildman–Crippen MR) is 72.5 cm³/mol. The number of ether oxygens (including phenoxy) is 1. The molecule has 2 N–H and O–H groups in total. The second-order valence-corrected chi connectivity index (χ2v) is 5.68. The highest BCUT2D eigenvalue weighted by molar-refractivity contribution is 7.10. The van der Waals surface area contributed by atoms with E-state index in [0.717, 1.165) is 12.8 Å². The molecule has 3 atom stereocenters. The zero-order chi connectivity index (χ0) is 13.1. The first-order valence-electron chi connectivity index (χ1n) is 6.29. The maximum atomic E-state index is 12.3. The molecule has 1 aromatic rings. The predicted octanol–water partition coefficient (Wildman–Crippen LogP) is 1.77. The van der Waals surface area contributed by atoms with Crippen LogP contribution in [-0.2, 0) is 9.53 Å². The molecule has 0 radical (unpaired) electrons. The SMILES string of the molecule is CC(c1cccs1)N(C)C(=O)C1CCC(CN)O1. The molecular formula is C13H20N2O2S. The Labute approximate surface area is 112 Å². The van der Waals surface area contributed by atoms with E-state index in [9.17, 15) is 4.79 Å². The molecule has 5 heteroatoms. The maximum absolute atomic E-state index is 12.3. The summed E-state index contributed by atoms with van der Waals surface area (Å²) in [5.41, 5.74) is 5.56. The zero-order valence-corrected chi connectivity index (χ0v) is 11.7. The summed E-state index contributed by atoms with van der Waals surface area (Å²) < 4.78 is 5.65. The van der Waals surface area contributed by atoms with Crippen molar-refractivity contribution in [2.75, 3.05) is 13.6 Å². The highest BCUT2D eigenvalue weighted by atomic mass is 32.1. The molecule has 1 amide bonds. The van der Waals surface area contributed by atoms with Crippen LogP contribution in [0.1, 0.15) is 30.7 Å². The fraction of sp³-hybridized carbons (Fsp3) is 0.615. The van der Waals surface area contributed by atoms with Crippen LogP contribution >= 0.6 is 11.3 Å². The fourth-order valence-corrected chi connectivity index (χ4v) is 3.03. The normalized spacial score (nSPS) is 25.1. The average molecular weight is 268 g/mol. The van der Waals surface area contributed by atoms with Crippen LogP contribution in [0.2, 0.25) is 0 Å². The summed E-state index contributed by atoms with van der Waals surface area (Å²) in [4.78, 5) is 15.3. The van der Waals surface area contributed by atoms with Crippen molar-refractivity contribution in [3.63, 3.8) is 0 Å². The maximum Gasteiger partial charge on any atom is 0.251 e. The van der Waals surface area contributed by atoms with E-state index in [2.05, 4.69) is 6.07 Å². The van der Waals surface area contributed by atoms with Gasteiger partial charge in [-0.15, -0.1) is 11.3 Å². The van der Waals surface area contributed by atoms with E-state index in [1.807, 2.05) is 25.4 Å². The van der Waals surface area contributed by atoms with Crippen LogP contribution in [0, 0.1) is 0 Å². The number of nitrogens with two attached hydrogens (primary N) is 1. The largest absolute Gasteiger partial charge is 0.364 e. The molecule has 100 valence electrons. The zero-order valence-electron chi connectivity index (χ0n) is 10.8. The Kier molecular flexibility index (Phi) is 4.37. The summed E-state index contributed by atoms with van der Waals surface area (Å²) >= 11 is 1.67. The van der Waals surface area contributed by atoms with Crippen molar-refractivity contribution in [1.29, 1.82) is 0 Å². The van der Waals surface area contributed by atoms with Crippen LogP contribution < -0.4 is 5.73 Å². The van der Waals surface area contributed by atoms with Gasteiger partial charge in [0.15, 0.2) is 0 Å². The highest BCUT2D eigenvalue weighted by Crippen LogP contribution is 2.27. The minimum Gasteiger partial charge on any atom is -0.364 e. The Morgan fingerprint density at radius 1 is 1.67 bits per heavy atom. The minimum absolute atomic E-state index is 0.0457. The Morgan fingerprint density at radius 2 is 2.44 bits per heavy atom. The molecule has 1 fully saturated rings. The summed E-state index contributed by atoms with van der Waals surface area (Å²) in [7, 11) is 1.84. The van der Waals surface area contributed by atoms with Gasteiger partial charge in [-0.1, -0.05) is 6.07 Å². The second kappa shape index (κ2) is 5.82. The molecule has 0 aliphatic carbocycles. The third-order valence-corrected chi connectivity index (χ3v) is 4.57. The van der Waals surface area contributed by atoms with E-state index in [1.54, 1.807) is 16.2 Å². The lowest BCUT2D eigenvalue weighted by Crippen LogP contribution is -2.38. The van der Waals surface area contributed by atoms with E-state index < -0.39 is 0 Å². The number of carbonyl (C=O) groups is 1. The van der Waals surface area contributed by atoms with E-state index in [0.29, 0.717) is 6.54 Å². The molecule has 0 aromatic carbocycles. The standard InChI is InChI=1S/C13H20N2O2S/c1-9(12-4-3-7-18-12)15(2)13(16)11-6-5-10(8-14)17-11/h3-4,7,9-11H,5-6,8,14H2,1-2H3. The van der Waals surface area contributed by atoms with Gasteiger partial charge in [-0.3, -0.25) is 4.79 Å². The molecule has 0 saturated carbocycles. The lowest BCUT2D eigenvalue weighted by atomic mass is 10.1. The smallest absolute Gasteiger partial charge is 0.251 e. The van der Waals surface area contributed by atoms with Crippen molar-refractivity contribution in [3.8, 4) is 0 Å². The topological polar surface area (TPSA) is 55.6 Å². The molecule has 0 spiro atoms. The molecule has 1 aromatic heterocycles. The van der Waals surface area contributed by atoms with Crippen molar-refractivity contribution in [1.82, 2.24) is 4.90 Å². The summed E-state index contributed by atoms with van der Waals surface area (Å²) in [6.07, 6.45) is 1.39. The number of likely N-dealkylation sites (N-methyl/N-ethyl adjacent to an activating group) is 1. The molecule has 0 bridgehead atoms. The van der Waals surface area contributed by atoms with Gasteiger partial charge in [-0.2, -0.15) is 0 Å².